The molecule has 0 saturated carbocycles. The molecule has 2 aromatic rings. The predicted molar refractivity (Wildman–Crippen MR) is 75.0 cm³/mol. The summed E-state index contributed by atoms with van der Waals surface area (Å²) in [7, 11) is 0. The van der Waals surface area contributed by atoms with Crippen molar-refractivity contribution in [2.24, 2.45) is 0 Å². The maximum atomic E-state index is 12.4. The number of carbonyl (C=O) groups is 2. The van der Waals surface area contributed by atoms with Crippen molar-refractivity contribution in [1.29, 1.82) is 0 Å². The van der Waals surface area contributed by atoms with Gasteiger partial charge in [0.1, 0.15) is 11.5 Å². The molecule has 0 spiro atoms. The lowest BCUT2D eigenvalue weighted by atomic mass is 9.83. The monoisotopic (exact) mass is 302 g/mol. The fourth-order valence-electron chi connectivity index (χ4n) is 2.71. The van der Waals surface area contributed by atoms with Crippen LogP contribution in [0.2, 0.25) is 0 Å². The number of ketones is 1. The summed E-state index contributed by atoms with van der Waals surface area (Å²) < 4.78 is 15.4. The molecule has 0 aliphatic heterocycles. The summed E-state index contributed by atoms with van der Waals surface area (Å²) in [5.74, 6) is -0.266. The van der Waals surface area contributed by atoms with Crippen LogP contribution in [0.1, 0.15) is 51.5 Å². The lowest BCUT2D eigenvalue weighted by Gasteiger charge is -2.21. The lowest BCUT2D eigenvalue weighted by molar-refractivity contribution is 0.0520. The van der Waals surface area contributed by atoms with Crippen molar-refractivity contribution in [2.75, 3.05) is 6.61 Å². The third-order valence-corrected chi connectivity index (χ3v) is 3.62. The molecular formula is C16H14O6. The molecule has 1 unspecified atom stereocenters. The molecule has 0 N–H and O–H groups in total. The molecule has 6 nitrogen and oxygen atoms in total. The van der Waals surface area contributed by atoms with Crippen molar-refractivity contribution >= 4 is 11.8 Å². The summed E-state index contributed by atoms with van der Waals surface area (Å²) >= 11 is 0. The Hall–Kier alpha value is -2.63. The number of hydrogen-bond donors (Lipinski definition) is 0. The second-order valence-electron chi connectivity index (χ2n) is 5.04. The summed E-state index contributed by atoms with van der Waals surface area (Å²) in [4.78, 5) is 36.0. The van der Waals surface area contributed by atoms with Gasteiger partial charge in [-0.15, -0.1) is 0 Å². The van der Waals surface area contributed by atoms with E-state index in [0.717, 1.165) is 6.07 Å². The molecule has 114 valence electrons. The number of fused-ring (bicyclic) bond motifs is 1. The molecule has 3 rings (SSSR count). The Labute approximate surface area is 125 Å². The van der Waals surface area contributed by atoms with Crippen LogP contribution in [-0.2, 0) is 11.2 Å². The number of esters is 1. The minimum atomic E-state index is -0.684. The van der Waals surface area contributed by atoms with Gasteiger partial charge in [-0.3, -0.25) is 4.79 Å². The third kappa shape index (κ3) is 2.47. The molecule has 1 aliphatic carbocycles. The molecule has 6 heteroatoms. The topological polar surface area (TPSA) is 86.7 Å². The van der Waals surface area contributed by atoms with E-state index in [2.05, 4.69) is 0 Å². The molecular weight excluding hydrogens is 288 g/mol. The molecule has 2 aromatic heterocycles. The van der Waals surface area contributed by atoms with Crippen LogP contribution in [0.3, 0.4) is 0 Å². The highest BCUT2D eigenvalue weighted by Gasteiger charge is 2.34. The molecule has 0 radical (unpaired) electrons. The van der Waals surface area contributed by atoms with Gasteiger partial charge < -0.3 is 13.6 Å². The lowest BCUT2D eigenvalue weighted by Crippen LogP contribution is -2.25. The first-order valence-electron chi connectivity index (χ1n) is 7.01. The van der Waals surface area contributed by atoms with Crippen molar-refractivity contribution in [1.82, 2.24) is 0 Å². The normalized spacial score (nSPS) is 17.1. The van der Waals surface area contributed by atoms with Gasteiger partial charge in [0.05, 0.1) is 24.0 Å². The fraction of sp³-hybridized carbons (Fsp3) is 0.312. The van der Waals surface area contributed by atoms with Gasteiger partial charge in [0.15, 0.2) is 5.78 Å². The number of rotatable bonds is 3. The minimum Gasteiger partial charge on any atom is -0.469 e. The van der Waals surface area contributed by atoms with E-state index in [1.165, 1.54) is 6.26 Å². The number of hydrogen-bond acceptors (Lipinski definition) is 6. The molecule has 0 amide bonds. The van der Waals surface area contributed by atoms with Crippen LogP contribution in [0.25, 0.3) is 0 Å². The zero-order chi connectivity index (χ0) is 15.7. The van der Waals surface area contributed by atoms with Crippen molar-refractivity contribution < 1.29 is 23.2 Å². The number of furan rings is 1. The van der Waals surface area contributed by atoms with E-state index in [1.807, 2.05) is 0 Å². The van der Waals surface area contributed by atoms with Gasteiger partial charge in [0.25, 0.3) is 0 Å². The van der Waals surface area contributed by atoms with Crippen molar-refractivity contribution in [3.8, 4) is 0 Å². The van der Waals surface area contributed by atoms with Crippen molar-refractivity contribution in [2.45, 2.75) is 25.7 Å². The third-order valence-electron chi connectivity index (χ3n) is 3.62. The highest BCUT2D eigenvalue weighted by molar-refractivity contribution is 6.07. The maximum absolute atomic E-state index is 12.4. The summed E-state index contributed by atoms with van der Waals surface area (Å²) in [5, 5.41) is 0. The van der Waals surface area contributed by atoms with Crippen LogP contribution >= 0.6 is 0 Å². The van der Waals surface area contributed by atoms with E-state index < -0.39 is 11.6 Å². The predicted octanol–water partition coefficient (Wildman–Crippen LogP) is 2.32. The maximum Gasteiger partial charge on any atom is 0.339 e. The summed E-state index contributed by atoms with van der Waals surface area (Å²) in [6, 6.07) is 4.53. The zero-order valence-corrected chi connectivity index (χ0v) is 12.0. The average Bonchev–Trinajstić information content (AvgIpc) is 3.00. The Kier molecular flexibility index (Phi) is 3.66. The van der Waals surface area contributed by atoms with Gasteiger partial charge >= 0.3 is 11.6 Å². The second-order valence-corrected chi connectivity index (χ2v) is 5.04. The van der Waals surface area contributed by atoms with Crippen LogP contribution < -0.4 is 5.63 Å². The molecule has 0 bridgehead atoms. The van der Waals surface area contributed by atoms with Crippen LogP contribution in [0, 0.1) is 0 Å². The van der Waals surface area contributed by atoms with Gasteiger partial charge in [-0.25, -0.2) is 9.59 Å². The van der Waals surface area contributed by atoms with E-state index in [0.29, 0.717) is 12.2 Å². The largest absolute Gasteiger partial charge is 0.469 e. The first-order chi connectivity index (χ1) is 10.6. The van der Waals surface area contributed by atoms with Gasteiger partial charge in [0.2, 0.25) is 0 Å². The molecule has 0 aromatic carbocycles. The smallest absolute Gasteiger partial charge is 0.339 e. The quantitative estimate of drug-likeness (QED) is 0.809. The van der Waals surface area contributed by atoms with Crippen LogP contribution in [-0.4, -0.2) is 18.4 Å². The zero-order valence-electron chi connectivity index (χ0n) is 12.0. The first-order valence-corrected chi connectivity index (χ1v) is 7.01. The Bertz CT molecular complexity index is 768. The van der Waals surface area contributed by atoms with E-state index in [9.17, 15) is 14.4 Å². The summed E-state index contributed by atoms with van der Waals surface area (Å²) in [5.41, 5.74) is -0.536. The number of carbonyl (C=O) groups excluding carboxylic acids is 2. The fourth-order valence-corrected chi connectivity index (χ4v) is 2.71. The van der Waals surface area contributed by atoms with Crippen molar-refractivity contribution in [3.05, 3.63) is 57.5 Å². The molecule has 1 atom stereocenters. The van der Waals surface area contributed by atoms with Gasteiger partial charge in [-0.2, -0.15) is 0 Å². The van der Waals surface area contributed by atoms with Gasteiger partial charge in [0, 0.05) is 24.8 Å². The molecule has 0 fully saturated rings. The van der Waals surface area contributed by atoms with Crippen molar-refractivity contribution in [3.63, 3.8) is 0 Å². The van der Waals surface area contributed by atoms with Crippen LogP contribution in [0.15, 0.2) is 38.1 Å². The van der Waals surface area contributed by atoms with E-state index in [4.69, 9.17) is 13.6 Å². The Morgan fingerprint density at radius 1 is 1.36 bits per heavy atom. The van der Waals surface area contributed by atoms with Crippen LogP contribution in [0.4, 0.5) is 0 Å². The first kappa shape index (κ1) is 14.3. The van der Waals surface area contributed by atoms with E-state index in [-0.39, 0.29) is 41.6 Å². The second kappa shape index (κ2) is 5.63. The van der Waals surface area contributed by atoms with Gasteiger partial charge in [-0.05, 0) is 19.1 Å². The highest BCUT2D eigenvalue weighted by atomic mass is 16.5. The Morgan fingerprint density at radius 2 is 2.18 bits per heavy atom. The number of ether oxygens (including phenoxy) is 1. The highest BCUT2D eigenvalue weighted by Crippen LogP contribution is 2.33. The molecule has 2 heterocycles. The van der Waals surface area contributed by atoms with E-state index in [1.54, 1.807) is 19.1 Å². The standard InChI is InChI=1S/C16H14O6/c1-2-20-16(19)10-8-14(18)22-13-7-9(6-11(17)15(10)13)12-4-3-5-21-12/h3-5,8-9H,2,6-7H2,1H3. The summed E-state index contributed by atoms with van der Waals surface area (Å²) in [6.45, 7) is 1.82. The average molecular weight is 302 g/mol. The molecule has 0 saturated heterocycles. The number of Topliss-reactive ketones (excluding diaryl/α,β-unsaturated/α-hetero) is 1. The Morgan fingerprint density at radius 3 is 2.86 bits per heavy atom. The summed E-state index contributed by atoms with van der Waals surface area (Å²) in [6.07, 6.45) is 2.05. The van der Waals surface area contributed by atoms with E-state index >= 15 is 0 Å². The van der Waals surface area contributed by atoms with Gasteiger partial charge in [-0.1, -0.05) is 0 Å². The molecule has 22 heavy (non-hydrogen) atoms. The Balaban J connectivity index is 2.05. The SMILES string of the molecule is CCOC(=O)c1cc(=O)oc2c1C(=O)CC(c1ccco1)C2. The minimum absolute atomic E-state index is 0.0176. The molecule has 1 aliphatic rings. The van der Waals surface area contributed by atoms with Crippen LogP contribution in [0.5, 0.6) is 0 Å².